The Hall–Kier alpha value is -1.91. The summed E-state index contributed by atoms with van der Waals surface area (Å²) in [5.74, 6) is -0.981. The van der Waals surface area contributed by atoms with E-state index in [0.29, 0.717) is 5.56 Å². The molecule has 0 fully saturated rings. The van der Waals surface area contributed by atoms with Gasteiger partial charge in [-0.3, -0.25) is 4.79 Å². The lowest BCUT2D eigenvalue weighted by Gasteiger charge is -2.23. The number of nitrogens with two attached hydrogens (primary N) is 1. The van der Waals surface area contributed by atoms with E-state index in [-0.39, 0.29) is 17.0 Å². The highest BCUT2D eigenvalue weighted by atomic mass is 35.5. The monoisotopic (exact) mass is 334 g/mol. The van der Waals surface area contributed by atoms with Gasteiger partial charge in [0.15, 0.2) is 0 Å². The van der Waals surface area contributed by atoms with Crippen molar-refractivity contribution in [2.45, 2.75) is 25.9 Å². The van der Waals surface area contributed by atoms with Crippen LogP contribution in [0.1, 0.15) is 37.1 Å². The molecule has 2 aromatic rings. The molecule has 0 heterocycles. The Balaban J connectivity index is 2.05. The molecule has 0 saturated carbocycles. The summed E-state index contributed by atoms with van der Waals surface area (Å²) in [7, 11) is 0. The maximum Gasteiger partial charge on any atom is 0.225 e. The van der Waals surface area contributed by atoms with Gasteiger partial charge in [-0.2, -0.15) is 0 Å². The zero-order valence-corrected chi connectivity index (χ0v) is 13.8. The van der Waals surface area contributed by atoms with Crippen LogP contribution in [0.3, 0.4) is 0 Å². The second-order valence-corrected chi connectivity index (χ2v) is 6.03. The van der Waals surface area contributed by atoms with Gasteiger partial charge in [-0.15, -0.1) is 0 Å². The lowest BCUT2D eigenvalue weighted by atomic mass is 9.94. The normalized spacial score (nSPS) is 14.8. The first-order valence-electron chi connectivity index (χ1n) is 7.46. The molecule has 3 unspecified atom stereocenters. The van der Waals surface area contributed by atoms with Gasteiger partial charge < -0.3 is 11.1 Å². The van der Waals surface area contributed by atoms with Gasteiger partial charge in [0.05, 0.1) is 12.0 Å². The Bertz CT molecular complexity index is 678. The van der Waals surface area contributed by atoms with E-state index in [9.17, 15) is 9.18 Å². The Labute approximate surface area is 140 Å². The van der Waals surface area contributed by atoms with Crippen LogP contribution in [0.5, 0.6) is 0 Å². The van der Waals surface area contributed by atoms with Crippen LogP contribution < -0.4 is 11.1 Å². The molecule has 1 amide bonds. The molecule has 0 aromatic heterocycles. The molecule has 0 saturated heterocycles. The maximum absolute atomic E-state index is 13.1. The highest BCUT2D eigenvalue weighted by Gasteiger charge is 2.24. The molecule has 0 aliphatic heterocycles. The summed E-state index contributed by atoms with van der Waals surface area (Å²) >= 11 is 6.03. The fraction of sp³-hybridized carbons (Fsp3) is 0.278. The second kappa shape index (κ2) is 7.57. The molecule has 3 N–H and O–H groups in total. The minimum absolute atomic E-state index is 0.172. The quantitative estimate of drug-likeness (QED) is 0.868. The SMILES string of the molecule is CC(NC(=O)C(C)C(N)c1ccccc1)c1ccc(F)cc1Cl. The third-order valence-electron chi connectivity index (χ3n) is 3.92. The van der Waals surface area contributed by atoms with Crippen molar-refractivity contribution in [1.29, 1.82) is 0 Å². The molecule has 0 aliphatic carbocycles. The van der Waals surface area contributed by atoms with E-state index < -0.39 is 17.8 Å². The average molecular weight is 335 g/mol. The largest absolute Gasteiger partial charge is 0.349 e. The van der Waals surface area contributed by atoms with E-state index in [1.165, 1.54) is 12.1 Å². The van der Waals surface area contributed by atoms with Gasteiger partial charge in [-0.25, -0.2) is 4.39 Å². The van der Waals surface area contributed by atoms with Gasteiger partial charge in [-0.05, 0) is 30.2 Å². The summed E-state index contributed by atoms with van der Waals surface area (Å²) in [6.07, 6.45) is 0. The summed E-state index contributed by atoms with van der Waals surface area (Å²) in [6, 6.07) is 12.9. The third kappa shape index (κ3) is 4.30. The first-order valence-corrected chi connectivity index (χ1v) is 7.83. The standard InChI is InChI=1S/C18H20ClFN2O/c1-11(17(21)13-6-4-3-5-7-13)18(23)22-12(2)15-9-8-14(20)10-16(15)19/h3-12,17H,21H2,1-2H3,(H,22,23). The van der Waals surface area contributed by atoms with Crippen LogP contribution in [-0.4, -0.2) is 5.91 Å². The van der Waals surface area contributed by atoms with Crippen molar-refractivity contribution in [1.82, 2.24) is 5.32 Å². The Morgan fingerprint density at radius 1 is 1.17 bits per heavy atom. The maximum atomic E-state index is 13.1. The molecular weight excluding hydrogens is 315 g/mol. The number of benzene rings is 2. The highest BCUT2D eigenvalue weighted by Crippen LogP contribution is 2.25. The Morgan fingerprint density at radius 3 is 2.43 bits per heavy atom. The van der Waals surface area contributed by atoms with Crippen LogP contribution in [0.2, 0.25) is 5.02 Å². The molecular formula is C18H20ClFN2O. The predicted octanol–water partition coefficient (Wildman–Crippen LogP) is 3.99. The van der Waals surface area contributed by atoms with Crippen LogP contribution in [-0.2, 0) is 4.79 Å². The fourth-order valence-corrected chi connectivity index (χ4v) is 2.73. The Morgan fingerprint density at radius 2 is 1.83 bits per heavy atom. The summed E-state index contributed by atoms with van der Waals surface area (Å²) in [5.41, 5.74) is 7.74. The second-order valence-electron chi connectivity index (χ2n) is 5.62. The number of carbonyl (C=O) groups excluding carboxylic acids is 1. The van der Waals surface area contributed by atoms with Crippen molar-refractivity contribution in [3.63, 3.8) is 0 Å². The average Bonchev–Trinajstić information content (AvgIpc) is 2.54. The number of hydrogen-bond acceptors (Lipinski definition) is 2. The third-order valence-corrected chi connectivity index (χ3v) is 4.25. The number of halogens is 2. The molecule has 2 rings (SSSR count). The van der Waals surface area contributed by atoms with Gasteiger partial charge in [0, 0.05) is 11.1 Å². The van der Waals surface area contributed by atoms with E-state index in [0.717, 1.165) is 5.56 Å². The van der Waals surface area contributed by atoms with Gasteiger partial charge in [0.1, 0.15) is 5.82 Å². The number of nitrogens with one attached hydrogen (secondary N) is 1. The zero-order valence-electron chi connectivity index (χ0n) is 13.1. The molecule has 3 atom stereocenters. The van der Waals surface area contributed by atoms with Gasteiger partial charge in [-0.1, -0.05) is 54.9 Å². The van der Waals surface area contributed by atoms with Crippen molar-refractivity contribution in [3.05, 3.63) is 70.5 Å². The lowest BCUT2D eigenvalue weighted by Crippen LogP contribution is -2.37. The van der Waals surface area contributed by atoms with E-state index in [1.54, 1.807) is 19.9 Å². The van der Waals surface area contributed by atoms with E-state index >= 15 is 0 Å². The van der Waals surface area contributed by atoms with Gasteiger partial charge in [0.2, 0.25) is 5.91 Å². The van der Waals surface area contributed by atoms with E-state index in [1.807, 2.05) is 30.3 Å². The van der Waals surface area contributed by atoms with E-state index in [4.69, 9.17) is 17.3 Å². The van der Waals surface area contributed by atoms with Crippen LogP contribution in [0.25, 0.3) is 0 Å². The predicted molar refractivity (Wildman–Crippen MR) is 90.5 cm³/mol. The molecule has 0 aliphatic rings. The molecule has 3 nitrogen and oxygen atoms in total. The van der Waals surface area contributed by atoms with Crippen LogP contribution >= 0.6 is 11.6 Å². The van der Waals surface area contributed by atoms with Crippen LogP contribution in [0, 0.1) is 11.7 Å². The van der Waals surface area contributed by atoms with Crippen molar-refractivity contribution < 1.29 is 9.18 Å². The molecule has 23 heavy (non-hydrogen) atoms. The van der Waals surface area contributed by atoms with Crippen LogP contribution in [0.4, 0.5) is 4.39 Å². The number of carbonyl (C=O) groups is 1. The summed E-state index contributed by atoms with van der Waals surface area (Å²) < 4.78 is 13.1. The van der Waals surface area contributed by atoms with E-state index in [2.05, 4.69) is 5.32 Å². The minimum atomic E-state index is -0.406. The first-order chi connectivity index (χ1) is 10.9. The smallest absolute Gasteiger partial charge is 0.225 e. The van der Waals surface area contributed by atoms with Crippen molar-refractivity contribution >= 4 is 17.5 Å². The molecule has 0 radical (unpaired) electrons. The Kier molecular flexibility index (Phi) is 5.74. The topological polar surface area (TPSA) is 55.1 Å². The summed E-state index contributed by atoms with van der Waals surface area (Å²) in [5, 5.41) is 3.17. The number of amides is 1. The molecule has 5 heteroatoms. The van der Waals surface area contributed by atoms with Crippen molar-refractivity contribution in [2.24, 2.45) is 11.7 Å². The molecule has 0 bridgehead atoms. The van der Waals surface area contributed by atoms with Crippen molar-refractivity contribution in [2.75, 3.05) is 0 Å². The van der Waals surface area contributed by atoms with Crippen LogP contribution in [0.15, 0.2) is 48.5 Å². The lowest BCUT2D eigenvalue weighted by molar-refractivity contribution is -0.125. The first kappa shape index (κ1) is 17.4. The molecule has 0 spiro atoms. The summed E-state index contributed by atoms with van der Waals surface area (Å²) in [4.78, 5) is 12.4. The van der Waals surface area contributed by atoms with Gasteiger partial charge >= 0.3 is 0 Å². The molecule has 122 valence electrons. The minimum Gasteiger partial charge on any atom is -0.349 e. The number of rotatable bonds is 5. The van der Waals surface area contributed by atoms with Crippen molar-refractivity contribution in [3.8, 4) is 0 Å². The van der Waals surface area contributed by atoms with Gasteiger partial charge in [0.25, 0.3) is 0 Å². The fourth-order valence-electron chi connectivity index (χ4n) is 2.40. The molecule has 2 aromatic carbocycles. The highest BCUT2D eigenvalue weighted by molar-refractivity contribution is 6.31. The zero-order chi connectivity index (χ0) is 17.0. The summed E-state index contributed by atoms with van der Waals surface area (Å²) in [6.45, 7) is 3.59. The number of hydrogen-bond donors (Lipinski definition) is 2.